The van der Waals surface area contributed by atoms with E-state index in [0.29, 0.717) is 6.42 Å². The zero-order valence-electron chi connectivity index (χ0n) is 18.3. The van der Waals surface area contributed by atoms with E-state index in [9.17, 15) is 18.3 Å². The molecular weight excluding hydrogens is 425 g/mol. The number of hydrogen-bond acceptors (Lipinski definition) is 3. The van der Waals surface area contributed by atoms with Gasteiger partial charge in [-0.05, 0) is 91.5 Å². The monoisotopic (exact) mass is 452 g/mol. The highest BCUT2D eigenvalue weighted by atomic mass is 19.1. The summed E-state index contributed by atoms with van der Waals surface area (Å²) < 4.78 is 40.7. The van der Waals surface area contributed by atoms with E-state index in [1.807, 2.05) is 6.07 Å². The van der Waals surface area contributed by atoms with Crippen LogP contribution in [0.1, 0.15) is 42.4 Å². The van der Waals surface area contributed by atoms with Crippen LogP contribution in [-0.4, -0.2) is 35.7 Å². The molecule has 2 heterocycles. The molecule has 0 bridgehead atoms. The normalized spacial score (nSPS) is 21.0. The van der Waals surface area contributed by atoms with Crippen molar-refractivity contribution in [3.05, 3.63) is 95.3 Å². The molecule has 1 N–H and O–H groups in total. The van der Waals surface area contributed by atoms with Crippen LogP contribution >= 0.6 is 0 Å². The molecule has 1 fully saturated rings. The summed E-state index contributed by atoms with van der Waals surface area (Å²) in [5.74, 6) is -0.659. The summed E-state index contributed by atoms with van der Waals surface area (Å²) >= 11 is 0. The Hall–Kier alpha value is -2.83. The van der Waals surface area contributed by atoms with Crippen LogP contribution in [0.4, 0.5) is 24.5 Å². The molecule has 0 radical (unpaired) electrons. The lowest BCUT2D eigenvalue weighted by molar-refractivity contribution is 0.145. The number of rotatable bonds is 6. The third-order valence-corrected chi connectivity index (χ3v) is 6.95. The van der Waals surface area contributed by atoms with Crippen LogP contribution in [0.25, 0.3) is 0 Å². The standard InChI is InChI=1S/C27H27F3N2O/c28-19-5-3-18(4-6-19)27(33)2-1-14-31-15-13-26-24(17-31)23-16-21(30)9-12-25(23)32(26)22-10-7-20(29)8-11-22/h3-12,16,24,26-27,33H,1-2,13-15,17H2/t24?,26?,27-/m1/s1. The lowest BCUT2D eigenvalue weighted by Gasteiger charge is -2.39. The summed E-state index contributed by atoms with van der Waals surface area (Å²) in [6, 6.07) is 17.6. The number of piperidine rings is 1. The van der Waals surface area contributed by atoms with Crippen molar-refractivity contribution in [2.24, 2.45) is 0 Å². The molecule has 5 rings (SSSR count). The maximum atomic E-state index is 14.1. The first-order valence-corrected chi connectivity index (χ1v) is 11.5. The number of aliphatic hydroxyl groups excluding tert-OH is 1. The van der Waals surface area contributed by atoms with Gasteiger partial charge in [0.05, 0.1) is 6.10 Å². The van der Waals surface area contributed by atoms with Crippen molar-refractivity contribution in [1.29, 1.82) is 0 Å². The number of nitrogens with zero attached hydrogens (tertiary/aromatic N) is 2. The Morgan fingerprint density at radius 3 is 2.27 bits per heavy atom. The van der Waals surface area contributed by atoms with Gasteiger partial charge in [0.25, 0.3) is 0 Å². The number of halogens is 3. The van der Waals surface area contributed by atoms with Gasteiger partial charge in [-0.15, -0.1) is 0 Å². The first-order valence-electron chi connectivity index (χ1n) is 11.5. The van der Waals surface area contributed by atoms with Gasteiger partial charge >= 0.3 is 0 Å². The van der Waals surface area contributed by atoms with E-state index >= 15 is 0 Å². The Balaban J connectivity index is 1.27. The van der Waals surface area contributed by atoms with Crippen LogP contribution in [0.5, 0.6) is 0 Å². The Morgan fingerprint density at radius 2 is 1.55 bits per heavy atom. The molecule has 2 unspecified atom stereocenters. The highest BCUT2D eigenvalue weighted by molar-refractivity contribution is 5.73. The van der Waals surface area contributed by atoms with E-state index in [-0.39, 0.29) is 29.4 Å². The molecule has 2 aliphatic heterocycles. The molecule has 2 aliphatic rings. The predicted octanol–water partition coefficient (Wildman–Crippen LogP) is 5.93. The molecule has 0 amide bonds. The van der Waals surface area contributed by atoms with Crippen LogP contribution < -0.4 is 4.90 Å². The fourth-order valence-corrected chi connectivity index (χ4v) is 5.34. The number of fused-ring (bicyclic) bond motifs is 3. The molecule has 1 saturated heterocycles. The zero-order chi connectivity index (χ0) is 22.9. The molecule has 3 atom stereocenters. The molecule has 0 aliphatic carbocycles. The Bertz CT molecular complexity index is 1100. The van der Waals surface area contributed by atoms with Crippen molar-refractivity contribution in [3.63, 3.8) is 0 Å². The summed E-state index contributed by atoms with van der Waals surface area (Å²) in [5, 5.41) is 10.4. The van der Waals surface area contributed by atoms with E-state index in [1.54, 1.807) is 30.3 Å². The average molecular weight is 453 g/mol. The van der Waals surface area contributed by atoms with Crippen LogP contribution in [0.2, 0.25) is 0 Å². The molecule has 172 valence electrons. The first kappa shape index (κ1) is 22.0. The number of aliphatic hydroxyl groups is 1. The van der Waals surface area contributed by atoms with Crippen molar-refractivity contribution in [1.82, 2.24) is 4.90 Å². The molecule has 3 aromatic carbocycles. The second-order valence-corrected chi connectivity index (χ2v) is 9.02. The summed E-state index contributed by atoms with van der Waals surface area (Å²) in [4.78, 5) is 4.61. The SMILES string of the molecule is O[C@H](CCCN1CCC2C(C1)c1cc(F)ccc1N2c1ccc(F)cc1)c1ccc(F)cc1. The van der Waals surface area contributed by atoms with Crippen molar-refractivity contribution in [2.75, 3.05) is 24.5 Å². The van der Waals surface area contributed by atoms with Gasteiger partial charge in [0.1, 0.15) is 17.5 Å². The van der Waals surface area contributed by atoms with Crippen LogP contribution in [0, 0.1) is 17.5 Å². The number of benzene rings is 3. The first-order chi connectivity index (χ1) is 16.0. The van der Waals surface area contributed by atoms with Gasteiger partial charge in [-0.1, -0.05) is 12.1 Å². The van der Waals surface area contributed by atoms with Crippen LogP contribution in [0.3, 0.4) is 0 Å². The van der Waals surface area contributed by atoms with Crippen molar-refractivity contribution < 1.29 is 18.3 Å². The smallest absolute Gasteiger partial charge is 0.123 e. The molecule has 0 saturated carbocycles. The van der Waals surface area contributed by atoms with Crippen molar-refractivity contribution in [3.8, 4) is 0 Å². The van der Waals surface area contributed by atoms with Crippen molar-refractivity contribution >= 4 is 11.4 Å². The maximum absolute atomic E-state index is 14.1. The summed E-state index contributed by atoms with van der Waals surface area (Å²) in [6.45, 7) is 2.55. The zero-order valence-corrected chi connectivity index (χ0v) is 18.3. The Labute approximate surface area is 192 Å². The predicted molar refractivity (Wildman–Crippen MR) is 123 cm³/mol. The highest BCUT2D eigenvalue weighted by Gasteiger charge is 2.42. The second-order valence-electron chi connectivity index (χ2n) is 9.02. The second kappa shape index (κ2) is 9.20. The minimum atomic E-state index is -0.613. The lowest BCUT2D eigenvalue weighted by atomic mass is 9.88. The third kappa shape index (κ3) is 4.50. The number of anilines is 2. The van der Waals surface area contributed by atoms with E-state index in [4.69, 9.17) is 0 Å². The van der Waals surface area contributed by atoms with Gasteiger partial charge in [0.15, 0.2) is 0 Å². The largest absolute Gasteiger partial charge is 0.388 e. The van der Waals surface area contributed by atoms with E-state index in [2.05, 4.69) is 9.80 Å². The molecule has 0 aromatic heterocycles. The van der Waals surface area contributed by atoms with Gasteiger partial charge in [-0.3, -0.25) is 0 Å². The minimum absolute atomic E-state index is 0.163. The summed E-state index contributed by atoms with van der Waals surface area (Å²) in [6.07, 6.45) is 1.72. The quantitative estimate of drug-likeness (QED) is 0.502. The summed E-state index contributed by atoms with van der Waals surface area (Å²) in [7, 11) is 0. The van der Waals surface area contributed by atoms with E-state index in [1.165, 1.54) is 30.3 Å². The number of likely N-dealkylation sites (tertiary alicyclic amines) is 1. The van der Waals surface area contributed by atoms with Gasteiger partial charge in [0.2, 0.25) is 0 Å². The minimum Gasteiger partial charge on any atom is -0.388 e. The topological polar surface area (TPSA) is 26.7 Å². The molecule has 3 nitrogen and oxygen atoms in total. The van der Waals surface area contributed by atoms with Gasteiger partial charge in [0, 0.05) is 36.4 Å². The molecule has 33 heavy (non-hydrogen) atoms. The fourth-order valence-electron chi connectivity index (χ4n) is 5.34. The Kier molecular flexibility index (Phi) is 6.13. The highest BCUT2D eigenvalue weighted by Crippen LogP contribution is 2.48. The third-order valence-electron chi connectivity index (χ3n) is 6.95. The molecule has 6 heteroatoms. The fraction of sp³-hybridized carbons (Fsp3) is 0.333. The lowest BCUT2D eigenvalue weighted by Crippen LogP contribution is -2.45. The van der Waals surface area contributed by atoms with Crippen molar-refractivity contribution in [2.45, 2.75) is 37.3 Å². The molecule has 0 spiro atoms. The average Bonchev–Trinajstić information content (AvgIpc) is 3.13. The maximum Gasteiger partial charge on any atom is 0.123 e. The summed E-state index contributed by atoms with van der Waals surface area (Å²) in [5.41, 5.74) is 3.64. The van der Waals surface area contributed by atoms with Gasteiger partial charge < -0.3 is 14.9 Å². The van der Waals surface area contributed by atoms with Gasteiger partial charge in [-0.25, -0.2) is 13.2 Å². The van der Waals surface area contributed by atoms with E-state index < -0.39 is 6.10 Å². The number of hydrogen-bond donors (Lipinski definition) is 1. The molecular formula is C27H27F3N2O. The van der Waals surface area contributed by atoms with Gasteiger partial charge in [-0.2, -0.15) is 0 Å². The Morgan fingerprint density at radius 1 is 0.879 bits per heavy atom. The van der Waals surface area contributed by atoms with E-state index in [0.717, 1.165) is 55.0 Å². The molecule has 3 aromatic rings. The van der Waals surface area contributed by atoms with Crippen LogP contribution in [-0.2, 0) is 0 Å². The van der Waals surface area contributed by atoms with Crippen LogP contribution in [0.15, 0.2) is 66.7 Å².